The molecule has 2 rings (SSSR count). The van der Waals surface area contributed by atoms with Gasteiger partial charge in [0.1, 0.15) is 5.75 Å². The van der Waals surface area contributed by atoms with Gasteiger partial charge in [-0.25, -0.2) is 13.9 Å². The van der Waals surface area contributed by atoms with Gasteiger partial charge < -0.3 is 4.74 Å². The monoisotopic (exact) mass is 517 g/mol. The molecule has 0 unspecified atom stereocenters. The van der Waals surface area contributed by atoms with Crippen LogP contribution in [0.2, 0.25) is 0 Å². The van der Waals surface area contributed by atoms with E-state index in [9.17, 15) is 23.2 Å². The Balaban J connectivity index is 2.28. The number of nitrogens with zero attached hydrogens (tertiary/aromatic N) is 1. The first-order chi connectivity index (χ1) is 17.0. The number of carbonyl (C=O) groups is 2. The number of hydrogen-bond acceptors (Lipinski definition) is 6. The normalized spacial score (nSPS) is 13.5. The zero-order valence-electron chi connectivity index (χ0n) is 21.0. The molecule has 0 fully saturated rings. The molecule has 3 N–H and O–H groups in total. The van der Waals surface area contributed by atoms with Gasteiger partial charge in [-0.3, -0.25) is 20.2 Å². The number of rotatable bonds is 13. The molecular formula is C26H35N3O6S. The average Bonchev–Trinajstić information content (AvgIpc) is 2.85. The molecule has 0 saturated heterocycles. The van der Waals surface area contributed by atoms with Gasteiger partial charge in [0.15, 0.2) is 0 Å². The zero-order chi connectivity index (χ0) is 26.7. The molecule has 0 bridgehead atoms. The van der Waals surface area contributed by atoms with Crippen LogP contribution in [-0.4, -0.2) is 43.2 Å². The first-order valence-corrected chi connectivity index (χ1v) is 13.5. The fourth-order valence-electron chi connectivity index (χ4n) is 3.76. The maximum absolute atomic E-state index is 13.4. The van der Waals surface area contributed by atoms with Crippen LogP contribution in [0.5, 0.6) is 5.75 Å². The second kappa shape index (κ2) is 13.8. The summed E-state index contributed by atoms with van der Waals surface area (Å²) in [5.41, 5.74) is 5.72. The maximum atomic E-state index is 13.4. The second-order valence-electron chi connectivity index (χ2n) is 8.96. The van der Waals surface area contributed by atoms with Gasteiger partial charge in [-0.05, 0) is 42.0 Å². The lowest BCUT2D eigenvalue weighted by atomic mass is 9.82. The van der Waals surface area contributed by atoms with E-state index in [1.807, 2.05) is 50.3 Å². The van der Waals surface area contributed by atoms with E-state index in [4.69, 9.17) is 4.74 Å². The average molecular weight is 518 g/mol. The third-order valence-corrected chi connectivity index (χ3v) is 6.64. The molecule has 0 spiro atoms. The van der Waals surface area contributed by atoms with Crippen molar-refractivity contribution in [2.45, 2.75) is 33.2 Å². The highest BCUT2D eigenvalue weighted by molar-refractivity contribution is 7.88. The van der Waals surface area contributed by atoms with Gasteiger partial charge in [-0.1, -0.05) is 68.5 Å². The molecule has 2 amide bonds. The first-order valence-electron chi connectivity index (χ1n) is 11.6. The van der Waals surface area contributed by atoms with Crippen LogP contribution in [0.25, 0.3) is 6.08 Å². The van der Waals surface area contributed by atoms with E-state index in [1.54, 1.807) is 35.8 Å². The van der Waals surface area contributed by atoms with Crippen LogP contribution < -0.4 is 15.6 Å². The van der Waals surface area contributed by atoms with E-state index in [-0.39, 0.29) is 18.9 Å². The first kappa shape index (κ1) is 29.0. The van der Waals surface area contributed by atoms with Crippen molar-refractivity contribution in [3.05, 3.63) is 71.8 Å². The number of allylic oxidation sites excluding steroid dienone is 1. The van der Waals surface area contributed by atoms with Crippen LogP contribution >= 0.6 is 0 Å². The molecule has 196 valence electrons. The highest BCUT2D eigenvalue weighted by Gasteiger charge is 2.35. The Kier molecular flexibility index (Phi) is 11.1. The second-order valence-corrected chi connectivity index (χ2v) is 10.9. The zero-order valence-corrected chi connectivity index (χ0v) is 21.9. The SMILES string of the molecule is COc1ccc(CN(NC(=O)[C@@H](CC(C)C)[C@H](CC=Cc2ccccc2)C(=O)NO)S(C)(=O)=O)cc1. The van der Waals surface area contributed by atoms with Crippen molar-refractivity contribution < 1.29 is 28.0 Å². The molecule has 0 saturated carbocycles. The molecular weight excluding hydrogens is 482 g/mol. The van der Waals surface area contributed by atoms with E-state index in [0.717, 1.165) is 16.2 Å². The van der Waals surface area contributed by atoms with E-state index < -0.39 is 33.7 Å². The van der Waals surface area contributed by atoms with Crippen LogP contribution in [0.1, 0.15) is 37.8 Å². The molecule has 9 nitrogen and oxygen atoms in total. The van der Waals surface area contributed by atoms with E-state index in [2.05, 4.69) is 5.43 Å². The van der Waals surface area contributed by atoms with Gasteiger partial charge in [0.2, 0.25) is 21.8 Å². The summed E-state index contributed by atoms with van der Waals surface area (Å²) in [6.45, 7) is 3.70. The lowest BCUT2D eigenvalue weighted by molar-refractivity contribution is -0.142. The largest absolute Gasteiger partial charge is 0.497 e. The number of nitrogens with one attached hydrogen (secondary N) is 2. The predicted molar refractivity (Wildman–Crippen MR) is 138 cm³/mol. The molecule has 0 radical (unpaired) electrons. The number of sulfonamides is 1. The number of amides is 2. The van der Waals surface area contributed by atoms with Crippen LogP contribution in [0, 0.1) is 17.8 Å². The molecule has 2 aromatic rings. The molecule has 10 heteroatoms. The number of carbonyl (C=O) groups excluding carboxylic acids is 2. The topological polar surface area (TPSA) is 125 Å². The Labute approximate surface area is 213 Å². The Bertz CT molecular complexity index is 1120. The number of ether oxygens (including phenoxy) is 1. The van der Waals surface area contributed by atoms with Gasteiger partial charge in [0, 0.05) is 0 Å². The van der Waals surface area contributed by atoms with Gasteiger partial charge in [-0.15, -0.1) is 4.41 Å². The smallest absolute Gasteiger partial charge is 0.247 e. The third-order valence-electron chi connectivity index (χ3n) is 5.62. The lowest BCUT2D eigenvalue weighted by Gasteiger charge is -2.28. The molecule has 0 heterocycles. The van der Waals surface area contributed by atoms with Crippen molar-refractivity contribution in [2.24, 2.45) is 17.8 Å². The highest BCUT2D eigenvalue weighted by Crippen LogP contribution is 2.26. The van der Waals surface area contributed by atoms with E-state index in [1.165, 1.54) is 7.11 Å². The van der Waals surface area contributed by atoms with Crippen LogP contribution in [0.3, 0.4) is 0 Å². The van der Waals surface area contributed by atoms with Crippen LogP contribution in [0.4, 0.5) is 0 Å². The minimum absolute atomic E-state index is 0.0288. The predicted octanol–water partition coefficient (Wildman–Crippen LogP) is 3.38. The quantitative estimate of drug-likeness (QED) is 0.276. The van der Waals surface area contributed by atoms with Crippen molar-refractivity contribution >= 4 is 27.9 Å². The molecule has 2 atom stereocenters. The standard InChI is InChI=1S/C26H35N3O6S/c1-19(2)17-24(23(26(31)28-32)12-8-11-20-9-6-5-7-10-20)25(30)27-29(36(4,33)34)18-21-13-15-22(35-3)16-14-21/h5-11,13-16,19,23-24,32H,12,17-18H2,1-4H3,(H,27,30)(H,28,31)/t23-,24-/m0/s1. The molecule has 2 aromatic carbocycles. The van der Waals surface area contributed by atoms with E-state index in [0.29, 0.717) is 17.7 Å². The molecule has 0 aliphatic carbocycles. The van der Waals surface area contributed by atoms with Crippen LogP contribution in [0.15, 0.2) is 60.7 Å². The van der Waals surface area contributed by atoms with Crippen molar-refractivity contribution in [3.63, 3.8) is 0 Å². The minimum Gasteiger partial charge on any atom is -0.497 e. The number of hydrogen-bond donors (Lipinski definition) is 3. The van der Waals surface area contributed by atoms with Crippen LogP contribution in [-0.2, 0) is 26.2 Å². The van der Waals surface area contributed by atoms with Crippen molar-refractivity contribution in [2.75, 3.05) is 13.4 Å². The Hall–Kier alpha value is -3.21. The van der Waals surface area contributed by atoms with Gasteiger partial charge in [0.25, 0.3) is 0 Å². The summed E-state index contributed by atoms with van der Waals surface area (Å²) in [6.07, 6.45) is 5.07. The molecule has 36 heavy (non-hydrogen) atoms. The minimum atomic E-state index is -3.83. The summed E-state index contributed by atoms with van der Waals surface area (Å²) < 4.78 is 31.0. The fourth-order valence-corrected chi connectivity index (χ4v) is 4.40. The molecule has 0 aliphatic rings. The number of hydroxylamine groups is 1. The van der Waals surface area contributed by atoms with Crippen molar-refractivity contribution in [1.82, 2.24) is 15.3 Å². The van der Waals surface area contributed by atoms with Crippen molar-refractivity contribution in [1.29, 1.82) is 0 Å². The Morgan fingerprint density at radius 1 is 1.03 bits per heavy atom. The summed E-state index contributed by atoms with van der Waals surface area (Å²) >= 11 is 0. The summed E-state index contributed by atoms with van der Waals surface area (Å²) in [4.78, 5) is 26.0. The van der Waals surface area contributed by atoms with Gasteiger partial charge >= 0.3 is 0 Å². The Morgan fingerprint density at radius 2 is 1.67 bits per heavy atom. The van der Waals surface area contributed by atoms with Gasteiger partial charge in [0.05, 0.1) is 31.7 Å². The highest BCUT2D eigenvalue weighted by atomic mass is 32.2. The fraction of sp³-hybridized carbons (Fsp3) is 0.385. The number of hydrazine groups is 1. The number of benzene rings is 2. The number of methoxy groups -OCH3 is 1. The van der Waals surface area contributed by atoms with E-state index >= 15 is 0 Å². The van der Waals surface area contributed by atoms with Crippen molar-refractivity contribution in [3.8, 4) is 5.75 Å². The Morgan fingerprint density at radius 3 is 2.19 bits per heavy atom. The molecule has 0 aliphatic heterocycles. The summed E-state index contributed by atoms with van der Waals surface area (Å²) in [5, 5.41) is 9.36. The lowest BCUT2D eigenvalue weighted by Crippen LogP contribution is -2.50. The third kappa shape index (κ3) is 9.10. The maximum Gasteiger partial charge on any atom is 0.247 e. The summed E-state index contributed by atoms with van der Waals surface area (Å²) in [7, 11) is -2.31. The molecule has 0 aromatic heterocycles. The summed E-state index contributed by atoms with van der Waals surface area (Å²) in [5.74, 6) is -2.50. The summed E-state index contributed by atoms with van der Waals surface area (Å²) in [6, 6.07) is 16.3. The van der Waals surface area contributed by atoms with Gasteiger partial charge in [-0.2, -0.15) is 0 Å².